The SMILES string of the molecule is CC[P+](CC)(CC)CC.CC[P+](CC)(CC)CC.CC[P+](CC)(CC)CC.CC[P+](CC)(CC)CC.CC[P+](CC)(CC)CC.CC[P+](CC)(CC)CC.CC[P+](CC)(CC)CC.CC[P+](CC)(CC)CC.O=P([O-])([O-])F.O=P([O-])([O-])F.O=P([O-])([O-])F.O=P([O-])([O-])F. The zero-order chi connectivity index (χ0) is 76.6. The minimum Gasteiger partial charge on any atom is -0.786 e. The minimum atomic E-state index is -5.64. The molecule has 0 amide bonds. The maximum atomic E-state index is 10.1. The predicted molar refractivity (Wildman–Crippen MR) is 428 cm³/mol. The van der Waals surface area contributed by atoms with Gasteiger partial charge in [-0.05, 0) is 222 Å². The molecule has 0 rings (SSSR count). The Hall–Kier alpha value is 3.76. The summed E-state index contributed by atoms with van der Waals surface area (Å²) in [7, 11) is -25.9. The first kappa shape index (κ1) is 123. The van der Waals surface area contributed by atoms with E-state index in [1.54, 1.807) is 0 Å². The summed E-state index contributed by atoms with van der Waals surface area (Å²) in [5.41, 5.74) is 0. The van der Waals surface area contributed by atoms with E-state index >= 15 is 0 Å². The van der Waals surface area contributed by atoms with E-state index in [1.807, 2.05) is 0 Å². The van der Waals surface area contributed by atoms with E-state index < -0.39 is 89.7 Å². The van der Waals surface area contributed by atoms with E-state index in [9.17, 15) is 16.8 Å². The van der Waals surface area contributed by atoms with Crippen LogP contribution in [0.3, 0.4) is 0 Å². The normalized spacial score (nSPS) is 12.0. The molecule has 0 heterocycles. The quantitative estimate of drug-likeness (QED) is 0.0450. The summed E-state index contributed by atoms with van der Waals surface area (Å²) in [5, 5.41) is 0. The molecule has 0 N–H and O–H groups in total. The molecule has 576 valence electrons. The van der Waals surface area contributed by atoms with Gasteiger partial charge in [-0.1, -0.05) is 0 Å². The van der Waals surface area contributed by atoms with E-state index in [-0.39, 0.29) is 0 Å². The number of hydrogen-bond acceptors (Lipinski definition) is 12. The summed E-state index contributed by atoms with van der Waals surface area (Å²) in [6.07, 6.45) is 46.6. The summed E-state index contributed by atoms with van der Waals surface area (Å²) in [4.78, 5) is 67.5. The van der Waals surface area contributed by atoms with Crippen molar-refractivity contribution in [2.24, 2.45) is 0 Å². The van der Waals surface area contributed by atoms with E-state index in [0.29, 0.717) is 0 Å². The Kier molecular flexibility index (Phi) is 95.6. The topological polar surface area (TPSA) is 253 Å². The maximum Gasteiger partial charge on any atom is 0.110 e. The highest BCUT2D eigenvalue weighted by atomic mass is 31.2. The van der Waals surface area contributed by atoms with Gasteiger partial charge in [0, 0.05) is 58.1 Å². The van der Waals surface area contributed by atoms with Gasteiger partial charge in [-0.25, -0.2) is 16.8 Å². The molecule has 0 saturated heterocycles. The van der Waals surface area contributed by atoms with Gasteiger partial charge >= 0.3 is 0 Å². The summed E-state index contributed by atoms with van der Waals surface area (Å²) < 4.78 is 74.3. The Morgan fingerprint density at radius 3 is 0.174 bits per heavy atom. The maximum absolute atomic E-state index is 10.1. The van der Waals surface area contributed by atoms with Crippen LogP contribution in [0.5, 0.6) is 0 Å². The van der Waals surface area contributed by atoms with Gasteiger partial charge in [-0.2, -0.15) is 0 Å². The molecule has 0 aromatic rings. The molecular weight excluding hydrogens is 1410 g/mol. The zero-order valence-electron chi connectivity index (χ0n) is 66.4. The molecule has 12 nitrogen and oxygen atoms in total. The lowest BCUT2D eigenvalue weighted by molar-refractivity contribution is -0.330. The third-order valence-electron chi connectivity index (χ3n) is 21.5. The van der Waals surface area contributed by atoms with Crippen LogP contribution in [-0.4, -0.2) is 197 Å². The van der Waals surface area contributed by atoms with Gasteiger partial charge in [0.1, 0.15) is 31.6 Å². The fraction of sp³-hybridized carbons (Fsp3) is 1.00. The van der Waals surface area contributed by atoms with Crippen LogP contribution in [0, 0.1) is 0 Å². The number of halogens is 4. The Morgan fingerprint density at radius 1 is 0.152 bits per heavy atom. The van der Waals surface area contributed by atoms with Gasteiger partial charge < -0.3 is 57.4 Å². The molecule has 0 saturated carbocycles. The first-order chi connectivity index (χ1) is 41.9. The molecule has 92 heavy (non-hydrogen) atoms. The second-order valence-electron chi connectivity index (χ2n) is 22.6. The Morgan fingerprint density at radius 2 is 0.174 bits per heavy atom. The van der Waals surface area contributed by atoms with Crippen LogP contribution < -0.4 is 39.1 Å². The summed E-state index contributed by atoms with van der Waals surface area (Å²) in [6, 6.07) is 0. The standard InChI is InChI=1S/8C8H20P.4FH2O3P/c8*1-5-9(6-2,7-3)8-4;4*1-5(2,3)4/h8*5-8H2,1-4H3;4*(H2,2,3,4)/q8*+1;;;;/p-8. The van der Waals surface area contributed by atoms with Crippen LogP contribution in [0.2, 0.25) is 0 Å². The number of hydrogen-bond donors (Lipinski definition) is 0. The average molecular weight is 1570 g/mol. The molecule has 28 heteroatoms. The molecule has 0 spiro atoms. The highest BCUT2D eigenvalue weighted by Gasteiger charge is 2.32. The monoisotopic (exact) mass is 1570 g/mol. The number of rotatable bonds is 32. The molecule has 0 bridgehead atoms. The summed E-state index contributed by atoms with van der Waals surface area (Å²) >= 11 is 0. The van der Waals surface area contributed by atoms with Crippen molar-refractivity contribution in [2.45, 2.75) is 222 Å². The van der Waals surface area contributed by atoms with E-state index in [1.165, 1.54) is 197 Å². The van der Waals surface area contributed by atoms with Gasteiger partial charge in [0.15, 0.2) is 0 Å². The van der Waals surface area contributed by atoms with Crippen molar-refractivity contribution < 1.29 is 74.2 Å². The van der Waals surface area contributed by atoms with Crippen LogP contribution >= 0.6 is 89.7 Å². The largest absolute Gasteiger partial charge is 0.786 e. The van der Waals surface area contributed by atoms with Gasteiger partial charge in [-0.15, -0.1) is 0 Å². The smallest absolute Gasteiger partial charge is 0.110 e. The lowest BCUT2D eigenvalue weighted by Gasteiger charge is -2.20. The third kappa shape index (κ3) is 81.1. The molecule has 0 aromatic carbocycles. The lowest BCUT2D eigenvalue weighted by atomic mass is 10.9. The molecule has 0 aliphatic carbocycles. The fourth-order valence-electron chi connectivity index (χ4n) is 10.7. The predicted octanol–water partition coefficient (Wildman–Crippen LogP) is 19.8. The minimum absolute atomic E-state index is 0.420. The van der Waals surface area contributed by atoms with E-state index in [2.05, 4.69) is 222 Å². The molecule has 0 aromatic heterocycles. The van der Waals surface area contributed by atoms with Crippen molar-refractivity contribution >= 4 is 89.7 Å². The molecular formula is C64H160F4O12P12. The molecule has 0 radical (unpaired) electrons. The van der Waals surface area contributed by atoms with E-state index in [4.69, 9.17) is 57.4 Å². The van der Waals surface area contributed by atoms with Gasteiger partial charge in [0.2, 0.25) is 0 Å². The van der Waals surface area contributed by atoms with Crippen LogP contribution in [-0.2, 0) is 18.3 Å². The molecule has 0 aliphatic rings. The van der Waals surface area contributed by atoms with Crippen molar-refractivity contribution in [1.82, 2.24) is 0 Å². The van der Waals surface area contributed by atoms with Crippen molar-refractivity contribution in [2.75, 3.05) is 197 Å². The van der Waals surface area contributed by atoms with Gasteiger partial charge in [-0.3, -0.25) is 0 Å². The fourth-order valence-corrected chi connectivity index (χ4v) is 32.2. The lowest BCUT2D eigenvalue weighted by Crippen LogP contribution is -2.07. The van der Waals surface area contributed by atoms with Crippen molar-refractivity contribution in [1.29, 1.82) is 0 Å². The molecule has 0 atom stereocenters. The summed E-state index contributed by atoms with van der Waals surface area (Å²) in [6.45, 7) is 75.2. The zero-order valence-corrected chi connectivity index (χ0v) is 77.1. The Balaban J connectivity index is -0.0000000764. The Labute approximate surface area is 579 Å². The second-order valence-corrected chi connectivity index (χ2v) is 67.7. The highest BCUT2D eigenvalue weighted by molar-refractivity contribution is 7.78. The van der Waals surface area contributed by atoms with Crippen LogP contribution in [0.4, 0.5) is 16.8 Å². The van der Waals surface area contributed by atoms with Gasteiger partial charge in [0.25, 0.3) is 0 Å². The second kappa shape index (κ2) is 71.7. The van der Waals surface area contributed by atoms with E-state index in [0.717, 1.165) is 0 Å². The van der Waals surface area contributed by atoms with Crippen molar-refractivity contribution in [3.05, 3.63) is 0 Å². The van der Waals surface area contributed by atoms with Crippen molar-refractivity contribution in [3.8, 4) is 0 Å². The summed E-state index contributed by atoms with van der Waals surface area (Å²) in [5.74, 6) is 0. The molecule has 0 aliphatic heterocycles. The van der Waals surface area contributed by atoms with Crippen molar-refractivity contribution in [3.63, 3.8) is 0 Å². The van der Waals surface area contributed by atoms with Crippen LogP contribution in [0.1, 0.15) is 222 Å². The third-order valence-corrected chi connectivity index (χ3v) is 64.4. The average Bonchev–Trinajstić information content (AvgIpc) is 2.65. The van der Waals surface area contributed by atoms with Gasteiger partial charge in [0.05, 0.1) is 197 Å². The van der Waals surface area contributed by atoms with Crippen LogP contribution in [0.15, 0.2) is 0 Å². The highest BCUT2D eigenvalue weighted by Crippen LogP contribution is 2.61. The molecule has 0 fully saturated rings. The Bertz CT molecular complexity index is 1190. The van der Waals surface area contributed by atoms with Crippen LogP contribution in [0.25, 0.3) is 0 Å². The molecule has 0 unspecified atom stereocenters. The first-order valence-electron chi connectivity index (χ1n) is 35.6. The first-order valence-corrected chi connectivity index (χ1v) is 61.6.